The van der Waals surface area contributed by atoms with Gasteiger partial charge >= 0.3 is 0 Å². The Kier molecular flexibility index (Phi) is 7.51. The van der Waals surface area contributed by atoms with E-state index in [4.69, 9.17) is 11.6 Å². The van der Waals surface area contributed by atoms with Crippen molar-refractivity contribution in [3.63, 3.8) is 0 Å². The highest BCUT2D eigenvalue weighted by molar-refractivity contribution is 9.10. The number of alkyl halides is 1. The molecule has 1 aliphatic heterocycles. The molecule has 2 heterocycles. The van der Waals surface area contributed by atoms with E-state index in [1.54, 1.807) is 24.4 Å². The number of piperazine rings is 1. The molecular formula is C25H26BrClF2N4O2S. The van der Waals surface area contributed by atoms with Gasteiger partial charge in [0.25, 0.3) is 0 Å². The lowest BCUT2D eigenvalue weighted by molar-refractivity contribution is 0.0523. The Labute approximate surface area is 222 Å². The van der Waals surface area contributed by atoms with Crippen LogP contribution in [0.1, 0.15) is 25.7 Å². The van der Waals surface area contributed by atoms with Gasteiger partial charge in [0.1, 0.15) is 22.7 Å². The summed E-state index contributed by atoms with van der Waals surface area (Å²) in [5.74, 6) is 0.0479. The number of halogens is 4. The highest BCUT2D eigenvalue weighted by atomic mass is 79.9. The molecular weight excluding hydrogens is 574 g/mol. The summed E-state index contributed by atoms with van der Waals surface area (Å²) in [6, 6.07) is 9.36. The van der Waals surface area contributed by atoms with Crippen LogP contribution in [0.2, 0.25) is 5.02 Å². The van der Waals surface area contributed by atoms with E-state index in [1.165, 1.54) is 22.5 Å². The van der Waals surface area contributed by atoms with Crippen LogP contribution in [0.5, 0.6) is 0 Å². The molecule has 2 atom stereocenters. The average Bonchev–Trinajstić information content (AvgIpc) is 3.37. The zero-order chi connectivity index (χ0) is 25.4. The summed E-state index contributed by atoms with van der Waals surface area (Å²) >= 11 is 9.49. The van der Waals surface area contributed by atoms with Crippen LogP contribution in [-0.4, -0.2) is 66.0 Å². The lowest BCUT2D eigenvalue weighted by Crippen LogP contribution is -2.54. The molecule has 1 N–H and O–H groups in total. The van der Waals surface area contributed by atoms with Gasteiger partial charge in [0, 0.05) is 43.3 Å². The van der Waals surface area contributed by atoms with Crippen LogP contribution in [-0.2, 0) is 10.0 Å². The highest BCUT2D eigenvalue weighted by Gasteiger charge is 2.36. The lowest BCUT2D eigenvalue weighted by Gasteiger charge is -2.41. The molecule has 1 aromatic heterocycles. The third-order valence-electron chi connectivity index (χ3n) is 7.02. The fraction of sp³-hybridized carbons (Fsp3) is 0.400. The highest BCUT2D eigenvalue weighted by Crippen LogP contribution is 2.32. The van der Waals surface area contributed by atoms with Crippen molar-refractivity contribution in [1.29, 1.82) is 0 Å². The number of sulfonamides is 1. The molecule has 192 valence electrons. The predicted octanol–water partition coefficient (Wildman–Crippen LogP) is 5.89. The van der Waals surface area contributed by atoms with Crippen molar-refractivity contribution in [2.24, 2.45) is 0 Å². The summed E-state index contributed by atoms with van der Waals surface area (Å²) in [7, 11) is -3.86. The third kappa shape index (κ3) is 5.11. The lowest BCUT2D eigenvalue weighted by atomic mass is 9.92. The third-order valence-corrected chi connectivity index (χ3v) is 10.0. The van der Waals surface area contributed by atoms with Crippen molar-refractivity contribution in [2.75, 3.05) is 26.2 Å². The van der Waals surface area contributed by atoms with Crippen LogP contribution in [0.4, 0.5) is 8.78 Å². The summed E-state index contributed by atoms with van der Waals surface area (Å²) in [5.41, 5.74) is 1.76. The molecule has 0 amide bonds. The van der Waals surface area contributed by atoms with E-state index in [2.05, 4.69) is 30.8 Å². The molecule has 2 aliphatic rings. The van der Waals surface area contributed by atoms with E-state index in [-0.39, 0.29) is 29.0 Å². The Morgan fingerprint density at radius 2 is 1.75 bits per heavy atom. The van der Waals surface area contributed by atoms with Gasteiger partial charge in [-0.2, -0.15) is 4.31 Å². The minimum absolute atomic E-state index is 0.00351. The number of benzene rings is 2. The molecule has 2 fully saturated rings. The molecule has 0 radical (unpaired) electrons. The molecule has 0 spiro atoms. The second-order valence-electron chi connectivity index (χ2n) is 9.23. The molecule has 6 nitrogen and oxygen atoms in total. The summed E-state index contributed by atoms with van der Waals surface area (Å²) in [4.78, 5) is 9.59. The first-order valence-corrected chi connectivity index (χ1v) is 14.5. The average molecular weight is 600 g/mol. The standard InChI is InChI=1S/C25H26BrClF2N4O2S/c26-18-7-5-16(13-21(18)29)22-15-30-25(31-22)17-6-8-19(27)24(14-17)36(34,35)33-11-9-32(10-12-33)23-4-2-1-3-20(23)28/h5-8,13-15,20,23H,1-4,9-12H2,(H,30,31). The molecule has 11 heteroatoms. The second kappa shape index (κ2) is 10.5. The number of hydrogen-bond acceptors (Lipinski definition) is 4. The largest absolute Gasteiger partial charge is 0.338 e. The Hall–Kier alpha value is -1.85. The first kappa shape index (κ1) is 25.8. The van der Waals surface area contributed by atoms with Crippen molar-refractivity contribution in [3.05, 3.63) is 57.9 Å². The van der Waals surface area contributed by atoms with E-state index in [1.807, 2.05) is 0 Å². The van der Waals surface area contributed by atoms with Gasteiger partial charge in [-0.15, -0.1) is 0 Å². The Bertz CT molecular complexity index is 1360. The molecule has 5 rings (SSSR count). The minimum Gasteiger partial charge on any atom is -0.338 e. The fourth-order valence-corrected chi connectivity index (χ4v) is 7.19. The summed E-state index contributed by atoms with van der Waals surface area (Å²) in [6.07, 6.45) is 4.05. The van der Waals surface area contributed by atoms with Crippen LogP contribution in [0, 0.1) is 5.82 Å². The number of rotatable bonds is 5. The molecule has 36 heavy (non-hydrogen) atoms. The van der Waals surface area contributed by atoms with Gasteiger partial charge in [-0.1, -0.05) is 30.5 Å². The van der Waals surface area contributed by atoms with Gasteiger partial charge in [-0.05, 0) is 59.1 Å². The van der Waals surface area contributed by atoms with Gasteiger partial charge in [-0.25, -0.2) is 22.2 Å². The number of imidazole rings is 1. The number of H-pyrrole nitrogens is 1. The molecule has 2 unspecified atom stereocenters. The normalized spacial score (nSPS) is 22.1. The first-order chi connectivity index (χ1) is 17.2. The van der Waals surface area contributed by atoms with E-state index >= 15 is 0 Å². The van der Waals surface area contributed by atoms with Gasteiger partial charge in [0.05, 0.1) is 21.4 Å². The van der Waals surface area contributed by atoms with Crippen LogP contribution >= 0.6 is 27.5 Å². The number of nitrogens with zero attached hydrogens (tertiary/aromatic N) is 3. The van der Waals surface area contributed by atoms with Crippen LogP contribution in [0.25, 0.3) is 22.6 Å². The summed E-state index contributed by atoms with van der Waals surface area (Å²) in [6.45, 7) is 1.55. The Morgan fingerprint density at radius 3 is 2.47 bits per heavy atom. The number of hydrogen-bond donors (Lipinski definition) is 1. The Balaban J connectivity index is 1.35. The molecule has 3 aromatic rings. The maximum absolute atomic E-state index is 14.4. The van der Waals surface area contributed by atoms with Gasteiger partial charge in [0.15, 0.2) is 0 Å². The fourth-order valence-electron chi connectivity index (χ4n) is 5.02. The van der Waals surface area contributed by atoms with E-state index in [0.29, 0.717) is 46.6 Å². The van der Waals surface area contributed by atoms with Crippen molar-refractivity contribution >= 4 is 37.6 Å². The molecule has 2 aromatic carbocycles. The van der Waals surface area contributed by atoms with E-state index in [0.717, 1.165) is 19.3 Å². The number of aromatic amines is 1. The zero-order valence-electron chi connectivity index (χ0n) is 19.4. The predicted molar refractivity (Wildman–Crippen MR) is 140 cm³/mol. The SMILES string of the molecule is O=S(=O)(c1cc(-c2ncc(-c3ccc(Br)c(F)c3)[nH]2)ccc1Cl)N1CCN(C2CCCCC2F)CC1. The minimum atomic E-state index is -3.86. The van der Waals surface area contributed by atoms with Crippen molar-refractivity contribution in [2.45, 2.75) is 42.8 Å². The maximum Gasteiger partial charge on any atom is 0.244 e. The number of aromatic nitrogens is 2. The van der Waals surface area contributed by atoms with Crippen LogP contribution < -0.4 is 0 Å². The van der Waals surface area contributed by atoms with Crippen molar-refractivity contribution in [3.8, 4) is 22.6 Å². The molecule has 1 saturated carbocycles. The Morgan fingerprint density at radius 1 is 1.03 bits per heavy atom. The summed E-state index contributed by atoms with van der Waals surface area (Å²) < 4.78 is 57.2. The van der Waals surface area contributed by atoms with Crippen molar-refractivity contribution < 1.29 is 17.2 Å². The van der Waals surface area contributed by atoms with E-state index < -0.39 is 22.0 Å². The van der Waals surface area contributed by atoms with Gasteiger partial charge in [0.2, 0.25) is 10.0 Å². The van der Waals surface area contributed by atoms with E-state index in [9.17, 15) is 17.2 Å². The first-order valence-electron chi connectivity index (χ1n) is 11.9. The summed E-state index contributed by atoms with van der Waals surface area (Å²) in [5, 5.41) is 0.124. The smallest absolute Gasteiger partial charge is 0.244 e. The van der Waals surface area contributed by atoms with Gasteiger partial charge < -0.3 is 4.98 Å². The van der Waals surface area contributed by atoms with Gasteiger partial charge in [-0.3, -0.25) is 4.90 Å². The quantitative estimate of drug-likeness (QED) is 0.397. The van der Waals surface area contributed by atoms with Crippen molar-refractivity contribution in [1.82, 2.24) is 19.2 Å². The maximum atomic E-state index is 14.4. The second-order valence-corrected chi connectivity index (χ2v) is 12.4. The topological polar surface area (TPSA) is 69.3 Å². The number of nitrogens with one attached hydrogen (secondary N) is 1. The zero-order valence-corrected chi connectivity index (χ0v) is 22.6. The monoisotopic (exact) mass is 598 g/mol. The van der Waals surface area contributed by atoms with Crippen LogP contribution in [0.3, 0.4) is 0 Å². The molecule has 1 saturated heterocycles. The molecule has 0 bridgehead atoms. The van der Waals surface area contributed by atoms with Crippen LogP contribution in [0.15, 0.2) is 52.0 Å². The molecule has 1 aliphatic carbocycles.